The molecule has 0 N–H and O–H groups in total. The number of aryl methyl sites for hydroxylation is 4. The molecule has 97 heavy (non-hydrogen) atoms. The molecular weight excluding hydrogens is 1350 g/mol. The smallest absolute Gasteiger partial charge is 0.744 e. The molecule has 4 rings (SSSR count). The quantitative estimate of drug-likeness (QED) is 0.0247. The van der Waals surface area contributed by atoms with Crippen LogP contribution in [0.1, 0.15) is 435 Å². The Balaban J connectivity index is 0.000000653. The SMILES string of the molecule is CCCCCCCCCCCCCCCCCc1cc2ccc(S(=O)(=O)[O-])cc2cc1CCCCCCCCCCCCCCCCC.CCCCCCCCCCCCCCCCCc1cc2ccc(S(=O)(=O)[O-])cc2cc1CCCCCCCCCCCCCCCCC.[Ba+2]. The van der Waals surface area contributed by atoms with E-state index in [2.05, 4.69) is 52.0 Å². The van der Waals surface area contributed by atoms with E-state index >= 15 is 0 Å². The fourth-order valence-corrected chi connectivity index (χ4v) is 15.7. The molecule has 4 aromatic rings. The molecule has 0 aliphatic rings. The maximum atomic E-state index is 11.7. The first kappa shape index (κ1) is 91.9. The minimum Gasteiger partial charge on any atom is -0.744 e. The molecule has 0 radical (unpaired) electrons. The molecule has 9 heteroatoms. The van der Waals surface area contributed by atoms with Crippen molar-refractivity contribution in [3.8, 4) is 0 Å². The van der Waals surface area contributed by atoms with Crippen molar-refractivity contribution < 1.29 is 25.9 Å². The fourth-order valence-electron chi connectivity index (χ4n) is 14.7. The number of hydrogen-bond donors (Lipinski definition) is 0. The molecule has 0 saturated heterocycles. The number of benzene rings is 4. The topological polar surface area (TPSA) is 114 Å². The molecule has 0 heterocycles. The molecule has 0 fully saturated rings. The molecule has 0 spiro atoms. The van der Waals surface area contributed by atoms with Gasteiger partial charge in [-0.1, -0.05) is 424 Å². The molecule has 0 aromatic heterocycles. The Hall–Kier alpha value is -1.21. The second-order valence-electron chi connectivity index (χ2n) is 30.0. The summed E-state index contributed by atoms with van der Waals surface area (Å²) in [6.07, 6.45) is 86.5. The van der Waals surface area contributed by atoms with Gasteiger partial charge < -0.3 is 9.11 Å². The van der Waals surface area contributed by atoms with Gasteiger partial charge in [0.1, 0.15) is 20.2 Å². The second kappa shape index (κ2) is 63.3. The minimum absolute atomic E-state index is 0. The third-order valence-electron chi connectivity index (χ3n) is 21.0. The van der Waals surface area contributed by atoms with Crippen LogP contribution in [0.4, 0.5) is 0 Å². The van der Waals surface area contributed by atoms with Crippen LogP contribution in [0.25, 0.3) is 21.5 Å². The average Bonchev–Trinajstić information content (AvgIpc) is 0.817. The fraction of sp³-hybridized carbons (Fsp3) is 0.773. The van der Waals surface area contributed by atoms with Gasteiger partial charge in [0.25, 0.3) is 0 Å². The van der Waals surface area contributed by atoms with Crippen LogP contribution in [0.15, 0.2) is 70.5 Å². The maximum Gasteiger partial charge on any atom is 2.00 e. The monoisotopic (exact) mass is 1500 g/mol. The van der Waals surface area contributed by atoms with Crippen molar-refractivity contribution in [2.75, 3.05) is 0 Å². The van der Waals surface area contributed by atoms with E-state index in [9.17, 15) is 25.9 Å². The first-order valence-corrected chi connectivity index (χ1v) is 44.8. The summed E-state index contributed by atoms with van der Waals surface area (Å²) in [6, 6.07) is 18.6. The molecule has 0 amide bonds. The van der Waals surface area contributed by atoms with Crippen LogP contribution < -0.4 is 0 Å². The van der Waals surface area contributed by atoms with Crippen LogP contribution in [0.3, 0.4) is 0 Å². The van der Waals surface area contributed by atoms with E-state index in [1.165, 1.54) is 420 Å². The van der Waals surface area contributed by atoms with Crippen molar-refractivity contribution in [2.24, 2.45) is 0 Å². The predicted octanol–water partition coefficient (Wildman–Crippen LogP) is 28.8. The van der Waals surface area contributed by atoms with E-state index < -0.39 is 20.2 Å². The van der Waals surface area contributed by atoms with Gasteiger partial charge in [-0.3, -0.25) is 0 Å². The van der Waals surface area contributed by atoms with Gasteiger partial charge in [-0.05, 0) is 119 Å². The number of fused-ring (bicyclic) bond motifs is 2. The van der Waals surface area contributed by atoms with E-state index in [1.807, 2.05) is 12.1 Å². The van der Waals surface area contributed by atoms with Gasteiger partial charge in [-0.2, -0.15) is 0 Å². The van der Waals surface area contributed by atoms with Crippen molar-refractivity contribution in [1.82, 2.24) is 0 Å². The van der Waals surface area contributed by atoms with Crippen LogP contribution in [0.2, 0.25) is 0 Å². The Bertz CT molecular complexity index is 2500. The van der Waals surface area contributed by atoms with Crippen molar-refractivity contribution in [3.63, 3.8) is 0 Å². The zero-order valence-corrected chi connectivity index (χ0v) is 70.1. The summed E-state index contributed by atoms with van der Waals surface area (Å²) < 4.78 is 70.0. The minimum atomic E-state index is -4.45. The molecular formula is C88H150BaO6S2. The average molecular weight is 1510 g/mol. The summed E-state index contributed by atoms with van der Waals surface area (Å²) in [5.41, 5.74) is 5.53. The van der Waals surface area contributed by atoms with Gasteiger partial charge in [-0.15, -0.1) is 0 Å². The molecule has 0 atom stereocenters. The molecule has 552 valence electrons. The van der Waals surface area contributed by atoms with Gasteiger partial charge >= 0.3 is 48.9 Å². The Morgan fingerprint density at radius 1 is 0.206 bits per heavy atom. The standard InChI is InChI=1S/2C44H76O3S.Ba/c2*1-3-5-7-9-11-13-15-17-19-21-23-25-27-29-31-33-40-37-42-35-36-44(48(45,46)47)39-43(42)38-41(40)34-32-30-28-26-24-22-20-18-16-14-12-10-8-6-4-2;/h2*35-39H,3-34H2,1-2H3,(H,45,46,47);/q;;+2/p-2. The molecule has 0 unspecified atom stereocenters. The van der Waals surface area contributed by atoms with Crippen molar-refractivity contribution in [2.45, 2.75) is 448 Å². The predicted molar refractivity (Wildman–Crippen MR) is 424 cm³/mol. The zero-order chi connectivity index (χ0) is 69.1. The first-order chi connectivity index (χ1) is 46.9. The second-order valence-corrected chi connectivity index (χ2v) is 32.7. The van der Waals surface area contributed by atoms with E-state index in [-0.39, 0.29) is 58.7 Å². The summed E-state index contributed by atoms with van der Waals surface area (Å²) in [4.78, 5) is -0.244. The van der Waals surface area contributed by atoms with Crippen LogP contribution >= 0.6 is 0 Å². The van der Waals surface area contributed by atoms with Crippen molar-refractivity contribution >= 4 is 90.7 Å². The van der Waals surface area contributed by atoms with E-state index in [0.717, 1.165) is 47.2 Å². The molecule has 6 nitrogen and oxygen atoms in total. The van der Waals surface area contributed by atoms with Crippen LogP contribution in [-0.4, -0.2) is 74.8 Å². The maximum absolute atomic E-state index is 11.7. The Labute approximate surface area is 642 Å². The first-order valence-electron chi connectivity index (χ1n) is 41.9. The Kier molecular flexibility index (Phi) is 59.9. The van der Waals surface area contributed by atoms with Gasteiger partial charge in [0, 0.05) is 0 Å². The third kappa shape index (κ3) is 49.2. The van der Waals surface area contributed by atoms with Crippen LogP contribution in [0.5, 0.6) is 0 Å². The van der Waals surface area contributed by atoms with Crippen molar-refractivity contribution in [3.05, 3.63) is 82.9 Å². The van der Waals surface area contributed by atoms with Gasteiger partial charge in [0.15, 0.2) is 0 Å². The number of unbranched alkanes of at least 4 members (excludes halogenated alkanes) is 56. The van der Waals surface area contributed by atoms with E-state index in [4.69, 9.17) is 0 Å². The molecule has 0 bridgehead atoms. The number of rotatable bonds is 66. The van der Waals surface area contributed by atoms with Crippen LogP contribution in [0, 0.1) is 0 Å². The van der Waals surface area contributed by atoms with E-state index in [1.54, 1.807) is 12.1 Å². The van der Waals surface area contributed by atoms with Gasteiger partial charge in [-0.25, -0.2) is 16.8 Å². The summed E-state index contributed by atoms with van der Waals surface area (Å²) in [7, 11) is -8.90. The van der Waals surface area contributed by atoms with Crippen LogP contribution in [-0.2, 0) is 45.9 Å². The summed E-state index contributed by atoms with van der Waals surface area (Å²) in [6.45, 7) is 9.15. The van der Waals surface area contributed by atoms with Crippen molar-refractivity contribution in [1.29, 1.82) is 0 Å². The number of hydrogen-bond acceptors (Lipinski definition) is 6. The summed E-state index contributed by atoms with van der Waals surface area (Å²) in [5.74, 6) is 0. The van der Waals surface area contributed by atoms with Gasteiger partial charge in [0.2, 0.25) is 0 Å². The normalized spacial score (nSPS) is 11.9. The Morgan fingerprint density at radius 2 is 0.351 bits per heavy atom. The molecule has 0 aliphatic carbocycles. The molecule has 0 aliphatic heterocycles. The third-order valence-corrected chi connectivity index (χ3v) is 22.7. The molecule has 4 aromatic carbocycles. The summed E-state index contributed by atoms with van der Waals surface area (Å²) >= 11 is 0. The summed E-state index contributed by atoms with van der Waals surface area (Å²) in [5, 5.41) is 3.84. The Morgan fingerprint density at radius 3 is 0.505 bits per heavy atom. The molecule has 0 saturated carbocycles. The van der Waals surface area contributed by atoms with Gasteiger partial charge in [0.05, 0.1) is 9.79 Å². The van der Waals surface area contributed by atoms with E-state index in [0.29, 0.717) is 0 Å². The zero-order valence-electron chi connectivity index (χ0n) is 64.0. The largest absolute Gasteiger partial charge is 2.00 e.